The third-order valence-corrected chi connectivity index (χ3v) is 5.02. The second-order valence-electron chi connectivity index (χ2n) is 4.88. The quantitative estimate of drug-likeness (QED) is 0.563. The lowest BCUT2D eigenvalue weighted by atomic mass is 10.2. The molecule has 0 saturated carbocycles. The molecule has 1 aromatic heterocycles. The molecule has 1 N–H and O–H groups in total. The van der Waals surface area contributed by atoms with E-state index in [1.165, 1.54) is 18.4 Å². The van der Waals surface area contributed by atoms with Crippen LogP contribution in [0.15, 0.2) is 47.4 Å². The minimum Gasteiger partial charge on any atom is -0.465 e. The van der Waals surface area contributed by atoms with Crippen molar-refractivity contribution in [3.63, 3.8) is 0 Å². The first-order valence-corrected chi connectivity index (χ1v) is 9.09. The molecule has 0 aliphatic carbocycles. The number of methoxy groups -OCH3 is 1. The molecule has 3 rings (SSSR count). The van der Waals surface area contributed by atoms with Crippen molar-refractivity contribution >= 4 is 50.3 Å². The van der Waals surface area contributed by atoms with Crippen molar-refractivity contribution in [1.82, 2.24) is 4.98 Å². The molecule has 7 heteroatoms. The van der Waals surface area contributed by atoms with E-state index in [9.17, 15) is 9.59 Å². The number of carbonyl (C=O) groups excluding carboxylic acids is 2. The minimum absolute atomic E-state index is 0.210. The van der Waals surface area contributed by atoms with Gasteiger partial charge < -0.3 is 4.74 Å². The molecule has 0 aliphatic heterocycles. The maximum absolute atomic E-state index is 12.4. The van der Waals surface area contributed by atoms with Crippen molar-refractivity contribution < 1.29 is 14.3 Å². The number of rotatable bonds is 4. The summed E-state index contributed by atoms with van der Waals surface area (Å²) in [7, 11) is 1.34. The third-order valence-electron chi connectivity index (χ3n) is 3.36. The average Bonchev–Trinajstić information content (AvgIpc) is 3.02. The molecule has 2 aromatic carbocycles. The van der Waals surface area contributed by atoms with E-state index in [1.807, 2.05) is 24.5 Å². The Hall–Kier alpha value is -2.38. The Morgan fingerprint density at radius 1 is 1.17 bits per heavy atom. The number of carbonyl (C=O) groups is 2. The molecule has 0 radical (unpaired) electrons. The van der Waals surface area contributed by atoms with Crippen LogP contribution in [0.2, 0.25) is 0 Å². The Morgan fingerprint density at radius 3 is 2.75 bits per heavy atom. The first-order chi connectivity index (χ1) is 11.6. The fourth-order valence-electron chi connectivity index (χ4n) is 2.16. The zero-order chi connectivity index (χ0) is 17.1. The molecule has 0 atom stereocenters. The van der Waals surface area contributed by atoms with E-state index in [2.05, 4.69) is 10.3 Å². The fraction of sp³-hybridized carbons (Fsp3) is 0.118. The predicted octanol–water partition coefficient (Wildman–Crippen LogP) is 4.06. The topological polar surface area (TPSA) is 68.3 Å². The van der Waals surface area contributed by atoms with E-state index < -0.39 is 5.97 Å². The number of ether oxygens (including phenoxy) is 1. The van der Waals surface area contributed by atoms with Gasteiger partial charge in [-0.1, -0.05) is 17.4 Å². The first kappa shape index (κ1) is 16.5. The van der Waals surface area contributed by atoms with E-state index in [0.29, 0.717) is 16.3 Å². The Morgan fingerprint density at radius 2 is 2.00 bits per heavy atom. The number of nitrogens with zero attached hydrogens (tertiary/aromatic N) is 1. The Balaban J connectivity index is 1.84. The highest BCUT2D eigenvalue weighted by Gasteiger charge is 2.12. The summed E-state index contributed by atoms with van der Waals surface area (Å²) in [6.45, 7) is 0. The second-order valence-corrected chi connectivity index (χ2v) is 6.79. The van der Waals surface area contributed by atoms with Gasteiger partial charge >= 0.3 is 5.97 Å². The van der Waals surface area contributed by atoms with Crippen LogP contribution in [0.4, 0.5) is 5.13 Å². The van der Waals surface area contributed by atoms with E-state index >= 15 is 0 Å². The summed E-state index contributed by atoms with van der Waals surface area (Å²) in [4.78, 5) is 29.3. The molecule has 0 bridgehead atoms. The van der Waals surface area contributed by atoms with Gasteiger partial charge in [-0.05, 0) is 42.7 Å². The van der Waals surface area contributed by atoms with Crippen molar-refractivity contribution in [1.29, 1.82) is 0 Å². The fourth-order valence-corrected chi connectivity index (χ4v) is 3.52. The van der Waals surface area contributed by atoms with Crippen LogP contribution < -0.4 is 5.32 Å². The SMILES string of the molecule is COC(=O)c1ccc2nc(NC(=O)c3cccc(SC)c3)sc2c1. The number of fused-ring (bicyclic) bond motifs is 1. The lowest BCUT2D eigenvalue weighted by Crippen LogP contribution is -2.11. The molecule has 0 aliphatic rings. The van der Waals surface area contributed by atoms with Gasteiger partial charge in [0.1, 0.15) is 0 Å². The Bertz CT molecular complexity index is 921. The largest absolute Gasteiger partial charge is 0.465 e. The zero-order valence-electron chi connectivity index (χ0n) is 13.0. The van der Waals surface area contributed by atoms with E-state index in [1.54, 1.807) is 36.0 Å². The van der Waals surface area contributed by atoms with Crippen LogP contribution in [-0.2, 0) is 4.74 Å². The van der Waals surface area contributed by atoms with Crippen LogP contribution in [0, 0.1) is 0 Å². The number of benzene rings is 2. The molecule has 0 saturated heterocycles. The molecular formula is C17H14N2O3S2. The van der Waals surface area contributed by atoms with Crippen molar-refractivity contribution in [2.75, 3.05) is 18.7 Å². The lowest BCUT2D eigenvalue weighted by Gasteiger charge is -2.03. The predicted molar refractivity (Wildman–Crippen MR) is 97.1 cm³/mol. The number of aromatic nitrogens is 1. The molecule has 1 amide bonds. The highest BCUT2D eigenvalue weighted by Crippen LogP contribution is 2.27. The maximum atomic E-state index is 12.4. The lowest BCUT2D eigenvalue weighted by molar-refractivity contribution is 0.0601. The number of anilines is 1. The van der Waals surface area contributed by atoms with Gasteiger partial charge in [-0.15, -0.1) is 11.8 Å². The monoisotopic (exact) mass is 358 g/mol. The van der Waals surface area contributed by atoms with Gasteiger partial charge in [0.25, 0.3) is 5.91 Å². The summed E-state index contributed by atoms with van der Waals surface area (Å²) in [5.74, 6) is -0.608. The summed E-state index contributed by atoms with van der Waals surface area (Å²) < 4.78 is 5.52. The standard InChI is InChI=1S/C17H14N2O3S2/c1-22-16(21)11-6-7-13-14(9-11)24-17(18-13)19-15(20)10-4-3-5-12(8-10)23-2/h3-9H,1-2H3,(H,18,19,20). The molecule has 24 heavy (non-hydrogen) atoms. The number of nitrogens with one attached hydrogen (secondary N) is 1. The van der Waals surface area contributed by atoms with Crippen LogP contribution in [0.25, 0.3) is 10.2 Å². The van der Waals surface area contributed by atoms with Crippen LogP contribution in [0.1, 0.15) is 20.7 Å². The van der Waals surface area contributed by atoms with Gasteiger partial charge in [0.15, 0.2) is 5.13 Å². The molecule has 5 nitrogen and oxygen atoms in total. The highest BCUT2D eigenvalue weighted by molar-refractivity contribution is 7.98. The second kappa shape index (κ2) is 7.02. The van der Waals surface area contributed by atoms with Crippen LogP contribution >= 0.6 is 23.1 Å². The van der Waals surface area contributed by atoms with Crippen LogP contribution in [0.3, 0.4) is 0 Å². The average molecular weight is 358 g/mol. The number of amides is 1. The third kappa shape index (κ3) is 3.42. The Kier molecular flexibility index (Phi) is 4.82. The zero-order valence-corrected chi connectivity index (χ0v) is 14.7. The molecule has 0 unspecified atom stereocenters. The van der Waals surface area contributed by atoms with Gasteiger partial charge in [-0.25, -0.2) is 9.78 Å². The van der Waals surface area contributed by atoms with Gasteiger partial charge in [-0.2, -0.15) is 0 Å². The summed E-state index contributed by atoms with van der Waals surface area (Å²) in [5, 5.41) is 3.30. The van der Waals surface area contributed by atoms with Crippen LogP contribution in [0.5, 0.6) is 0 Å². The number of thiazole rings is 1. The Labute approximate surface area is 147 Å². The number of hydrogen-bond donors (Lipinski definition) is 1. The normalized spacial score (nSPS) is 10.6. The molecule has 0 spiro atoms. The smallest absolute Gasteiger partial charge is 0.337 e. The summed E-state index contributed by atoms with van der Waals surface area (Å²) >= 11 is 2.90. The highest BCUT2D eigenvalue weighted by atomic mass is 32.2. The van der Waals surface area contributed by atoms with Crippen molar-refractivity contribution in [2.24, 2.45) is 0 Å². The molecule has 122 valence electrons. The number of thioether (sulfide) groups is 1. The van der Waals surface area contributed by atoms with E-state index in [0.717, 1.165) is 15.1 Å². The summed E-state index contributed by atoms with van der Waals surface area (Å²) in [5.41, 5.74) is 1.76. The first-order valence-electron chi connectivity index (χ1n) is 7.05. The summed E-state index contributed by atoms with van der Waals surface area (Å²) in [6.07, 6.45) is 1.96. The number of hydrogen-bond acceptors (Lipinski definition) is 6. The maximum Gasteiger partial charge on any atom is 0.337 e. The van der Waals surface area contributed by atoms with Gasteiger partial charge in [-0.3, -0.25) is 10.1 Å². The molecule has 0 fully saturated rings. The minimum atomic E-state index is -0.398. The van der Waals surface area contributed by atoms with Gasteiger partial charge in [0, 0.05) is 10.5 Å². The van der Waals surface area contributed by atoms with Crippen molar-refractivity contribution in [2.45, 2.75) is 4.90 Å². The molecule has 3 aromatic rings. The number of esters is 1. The van der Waals surface area contributed by atoms with Gasteiger partial charge in [0.2, 0.25) is 0 Å². The van der Waals surface area contributed by atoms with Crippen LogP contribution in [-0.4, -0.2) is 30.2 Å². The van der Waals surface area contributed by atoms with Crippen molar-refractivity contribution in [3.05, 3.63) is 53.6 Å². The molecular weight excluding hydrogens is 344 g/mol. The van der Waals surface area contributed by atoms with Gasteiger partial charge in [0.05, 0.1) is 22.9 Å². The van der Waals surface area contributed by atoms with Crippen molar-refractivity contribution in [3.8, 4) is 0 Å². The molecule has 1 heterocycles. The van der Waals surface area contributed by atoms with E-state index in [4.69, 9.17) is 4.74 Å². The van der Waals surface area contributed by atoms with E-state index in [-0.39, 0.29) is 5.91 Å². The summed E-state index contributed by atoms with van der Waals surface area (Å²) in [6, 6.07) is 12.5.